The Hall–Kier alpha value is -0.120. The molecule has 0 aromatic heterocycles. The number of methoxy groups -OCH3 is 2. The van der Waals surface area contributed by atoms with Crippen LogP contribution in [0.15, 0.2) is 0 Å². The van der Waals surface area contributed by atoms with Crippen molar-refractivity contribution in [2.75, 3.05) is 27.8 Å². The fourth-order valence-corrected chi connectivity index (χ4v) is 1.10. The molecule has 1 N–H and O–H groups in total. The first-order valence-corrected chi connectivity index (χ1v) is 4.44. The van der Waals surface area contributed by atoms with E-state index in [0.717, 1.165) is 19.4 Å². The van der Waals surface area contributed by atoms with Crippen LogP contribution < -0.4 is 5.32 Å². The SMILES string of the molecule is CNCC[C@@H](C[C@H](C)OC)OC. The van der Waals surface area contributed by atoms with Crippen molar-refractivity contribution in [1.82, 2.24) is 5.32 Å². The molecule has 0 aromatic rings. The van der Waals surface area contributed by atoms with Crippen molar-refractivity contribution in [2.45, 2.75) is 32.0 Å². The molecule has 0 saturated carbocycles. The average Bonchev–Trinajstić information content (AvgIpc) is 2.11. The Balaban J connectivity index is 3.51. The predicted octanol–water partition coefficient (Wildman–Crippen LogP) is 1.04. The van der Waals surface area contributed by atoms with Crippen LogP contribution >= 0.6 is 0 Å². The lowest BCUT2D eigenvalue weighted by Gasteiger charge is -2.18. The highest BCUT2D eigenvalue weighted by molar-refractivity contribution is 4.63. The van der Waals surface area contributed by atoms with Crippen LogP contribution in [0.3, 0.4) is 0 Å². The van der Waals surface area contributed by atoms with Gasteiger partial charge in [0.2, 0.25) is 0 Å². The van der Waals surface area contributed by atoms with Gasteiger partial charge in [0, 0.05) is 14.2 Å². The summed E-state index contributed by atoms with van der Waals surface area (Å²) in [6, 6.07) is 0. The number of hydrogen-bond acceptors (Lipinski definition) is 3. The van der Waals surface area contributed by atoms with E-state index in [2.05, 4.69) is 12.2 Å². The molecule has 0 amide bonds. The summed E-state index contributed by atoms with van der Waals surface area (Å²) in [5.74, 6) is 0. The largest absolute Gasteiger partial charge is 0.382 e. The van der Waals surface area contributed by atoms with Gasteiger partial charge in [-0.15, -0.1) is 0 Å². The minimum atomic E-state index is 0.284. The van der Waals surface area contributed by atoms with Gasteiger partial charge in [-0.05, 0) is 33.4 Å². The van der Waals surface area contributed by atoms with E-state index in [-0.39, 0.29) is 6.10 Å². The molecule has 0 heterocycles. The molecule has 0 rings (SSSR count). The van der Waals surface area contributed by atoms with E-state index >= 15 is 0 Å². The van der Waals surface area contributed by atoms with E-state index in [1.54, 1.807) is 14.2 Å². The summed E-state index contributed by atoms with van der Waals surface area (Å²) in [7, 11) is 5.44. The number of hydrogen-bond donors (Lipinski definition) is 1. The normalized spacial score (nSPS) is 16.0. The third kappa shape index (κ3) is 5.52. The highest BCUT2D eigenvalue weighted by Gasteiger charge is 2.10. The zero-order chi connectivity index (χ0) is 9.40. The van der Waals surface area contributed by atoms with E-state index < -0.39 is 0 Å². The average molecular weight is 175 g/mol. The maximum atomic E-state index is 5.30. The summed E-state index contributed by atoms with van der Waals surface area (Å²) in [6.45, 7) is 3.06. The molecule has 0 saturated heterocycles. The maximum Gasteiger partial charge on any atom is 0.0608 e. The Morgan fingerprint density at radius 1 is 1.25 bits per heavy atom. The monoisotopic (exact) mass is 175 g/mol. The molecule has 0 radical (unpaired) electrons. The molecule has 0 fully saturated rings. The standard InChI is InChI=1S/C9H21NO2/c1-8(11-3)7-9(12-4)5-6-10-2/h8-10H,5-7H2,1-4H3/t8-,9-/m0/s1. The van der Waals surface area contributed by atoms with E-state index in [0.29, 0.717) is 6.10 Å². The van der Waals surface area contributed by atoms with Crippen molar-refractivity contribution in [3.63, 3.8) is 0 Å². The minimum Gasteiger partial charge on any atom is -0.382 e. The van der Waals surface area contributed by atoms with E-state index in [1.165, 1.54) is 0 Å². The molecule has 0 aliphatic heterocycles. The van der Waals surface area contributed by atoms with E-state index in [4.69, 9.17) is 9.47 Å². The van der Waals surface area contributed by atoms with Gasteiger partial charge < -0.3 is 14.8 Å². The quantitative estimate of drug-likeness (QED) is 0.627. The summed E-state index contributed by atoms with van der Waals surface area (Å²) in [4.78, 5) is 0. The molecule has 3 nitrogen and oxygen atoms in total. The fraction of sp³-hybridized carbons (Fsp3) is 1.00. The zero-order valence-electron chi connectivity index (χ0n) is 8.59. The summed E-state index contributed by atoms with van der Waals surface area (Å²) >= 11 is 0. The highest BCUT2D eigenvalue weighted by atomic mass is 16.5. The molecule has 0 aromatic carbocycles. The molecule has 3 heteroatoms. The van der Waals surface area contributed by atoms with Gasteiger partial charge in [-0.3, -0.25) is 0 Å². The third-order valence-corrected chi connectivity index (χ3v) is 2.05. The first-order chi connectivity index (χ1) is 5.74. The molecular formula is C9H21NO2. The van der Waals surface area contributed by atoms with Gasteiger partial charge in [-0.1, -0.05) is 0 Å². The van der Waals surface area contributed by atoms with Crippen LogP contribution in [0.4, 0.5) is 0 Å². The van der Waals surface area contributed by atoms with Gasteiger partial charge in [0.05, 0.1) is 12.2 Å². The Bertz CT molecular complexity index is 98.5. The second-order valence-electron chi connectivity index (χ2n) is 3.03. The summed E-state index contributed by atoms with van der Waals surface area (Å²) in [5, 5.41) is 3.10. The van der Waals surface area contributed by atoms with Crippen LogP contribution in [0.25, 0.3) is 0 Å². The zero-order valence-corrected chi connectivity index (χ0v) is 8.59. The van der Waals surface area contributed by atoms with Crippen molar-refractivity contribution in [1.29, 1.82) is 0 Å². The molecule has 0 spiro atoms. The van der Waals surface area contributed by atoms with Crippen LogP contribution in [-0.4, -0.2) is 40.0 Å². The molecule has 0 unspecified atom stereocenters. The molecule has 74 valence electrons. The van der Waals surface area contributed by atoms with Gasteiger partial charge in [0.1, 0.15) is 0 Å². The Labute approximate surface area is 75.4 Å². The lowest BCUT2D eigenvalue weighted by molar-refractivity contribution is 0.0272. The first-order valence-electron chi connectivity index (χ1n) is 4.44. The van der Waals surface area contributed by atoms with E-state index in [1.807, 2.05) is 7.05 Å². The number of nitrogens with one attached hydrogen (secondary N) is 1. The van der Waals surface area contributed by atoms with Crippen molar-refractivity contribution < 1.29 is 9.47 Å². The van der Waals surface area contributed by atoms with Gasteiger partial charge >= 0.3 is 0 Å². The Morgan fingerprint density at radius 3 is 2.33 bits per heavy atom. The molecule has 0 aliphatic carbocycles. The smallest absolute Gasteiger partial charge is 0.0608 e. The molecule has 2 atom stereocenters. The molecule has 12 heavy (non-hydrogen) atoms. The lowest BCUT2D eigenvalue weighted by atomic mass is 10.1. The number of ether oxygens (including phenoxy) is 2. The van der Waals surface area contributed by atoms with Gasteiger partial charge in [0.25, 0.3) is 0 Å². The van der Waals surface area contributed by atoms with Crippen LogP contribution in [0.2, 0.25) is 0 Å². The second kappa shape index (κ2) is 7.53. The Kier molecular flexibility index (Phi) is 7.45. The van der Waals surface area contributed by atoms with Crippen LogP contribution in [0, 0.1) is 0 Å². The number of rotatable bonds is 7. The van der Waals surface area contributed by atoms with Gasteiger partial charge in [-0.2, -0.15) is 0 Å². The first kappa shape index (κ1) is 11.9. The van der Waals surface area contributed by atoms with Gasteiger partial charge in [0.15, 0.2) is 0 Å². The lowest BCUT2D eigenvalue weighted by Crippen LogP contribution is -2.23. The molecule has 0 aliphatic rings. The topological polar surface area (TPSA) is 30.5 Å². The summed E-state index contributed by atoms with van der Waals surface area (Å²) in [6.07, 6.45) is 2.61. The Morgan fingerprint density at radius 2 is 1.92 bits per heavy atom. The van der Waals surface area contributed by atoms with Crippen molar-refractivity contribution in [3.8, 4) is 0 Å². The van der Waals surface area contributed by atoms with Crippen molar-refractivity contribution >= 4 is 0 Å². The van der Waals surface area contributed by atoms with Crippen molar-refractivity contribution in [3.05, 3.63) is 0 Å². The van der Waals surface area contributed by atoms with E-state index in [9.17, 15) is 0 Å². The predicted molar refractivity (Wildman–Crippen MR) is 50.4 cm³/mol. The maximum absolute atomic E-state index is 5.30. The summed E-state index contributed by atoms with van der Waals surface area (Å²) in [5.41, 5.74) is 0. The fourth-order valence-electron chi connectivity index (χ4n) is 1.10. The van der Waals surface area contributed by atoms with Crippen LogP contribution in [0.5, 0.6) is 0 Å². The van der Waals surface area contributed by atoms with Gasteiger partial charge in [-0.25, -0.2) is 0 Å². The second-order valence-corrected chi connectivity index (χ2v) is 3.03. The highest BCUT2D eigenvalue weighted by Crippen LogP contribution is 2.07. The van der Waals surface area contributed by atoms with Crippen molar-refractivity contribution in [2.24, 2.45) is 0 Å². The van der Waals surface area contributed by atoms with Crippen LogP contribution in [0.1, 0.15) is 19.8 Å². The third-order valence-electron chi connectivity index (χ3n) is 2.05. The summed E-state index contributed by atoms with van der Waals surface area (Å²) < 4.78 is 10.5. The van der Waals surface area contributed by atoms with Crippen LogP contribution in [-0.2, 0) is 9.47 Å². The molecular weight excluding hydrogens is 154 g/mol. The minimum absolute atomic E-state index is 0.284. The molecule has 0 bridgehead atoms.